The quantitative estimate of drug-likeness (QED) is 0.579. The zero-order valence-electron chi connectivity index (χ0n) is 6.27. The van der Waals surface area contributed by atoms with Crippen molar-refractivity contribution in [3.05, 3.63) is 24.0 Å². The Bertz CT molecular complexity index is 294. The molecule has 4 nitrogen and oxygen atoms in total. The summed E-state index contributed by atoms with van der Waals surface area (Å²) in [6.07, 6.45) is 9.39. The van der Waals surface area contributed by atoms with Crippen LogP contribution >= 0.6 is 0 Å². The number of aromatic nitrogens is 1. The molecule has 0 saturated heterocycles. The summed E-state index contributed by atoms with van der Waals surface area (Å²) in [6.45, 7) is 0. The summed E-state index contributed by atoms with van der Waals surface area (Å²) in [5.74, 6) is -0.909. The molecule has 4 heteroatoms. The number of carbonyl (C=O) groups excluding carboxylic acids is 1. The van der Waals surface area contributed by atoms with Gasteiger partial charge in [0.25, 0.3) is 5.91 Å². The van der Waals surface area contributed by atoms with E-state index in [2.05, 4.69) is 17.8 Å². The molecule has 0 saturated carbocycles. The lowest BCUT2D eigenvalue weighted by Gasteiger charge is -1.94. The fourth-order valence-electron chi connectivity index (χ4n) is 0.587. The van der Waals surface area contributed by atoms with E-state index in [9.17, 15) is 4.79 Å². The highest BCUT2D eigenvalue weighted by Gasteiger charge is 2.05. The van der Waals surface area contributed by atoms with E-state index in [1.807, 2.05) is 0 Å². The van der Waals surface area contributed by atoms with Gasteiger partial charge in [-0.2, -0.15) is 0 Å². The van der Waals surface area contributed by atoms with E-state index in [0.717, 1.165) is 0 Å². The van der Waals surface area contributed by atoms with Crippen molar-refractivity contribution in [2.75, 3.05) is 0 Å². The van der Waals surface area contributed by atoms with Crippen molar-refractivity contribution >= 4 is 5.91 Å². The highest BCUT2D eigenvalue weighted by molar-refractivity contribution is 5.93. The minimum Gasteiger partial charge on any atom is -0.505 e. The van der Waals surface area contributed by atoms with Gasteiger partial charge in [-0.05, 0) is 12.1 Å². The Labute approximate surface area is 70.0 Å². The topological polar surface area (TPSA) is 76.2 Å². The average molecular weight is 164 g/mol. The van der Waals surface area contributed by atoms with Crippen molar-refractivity contribution in [1.29, 1.82) is 0 Å². The molecule has 0 aliphatic carbocycles. The molecule has 0 bridgehead atoms. The molecule has 1 rings (SSSR count). The lowest BCUT2D eigenvalue weighted by atomic mass is 10.3. The normalized spacial score (nSPS) is 7.83. The van der Waals surface area contributed by atoms with Crippen LogP contribution in [0.25, 0.3) is 0 Å². The van der Waals surface area contributed by atoms with Crippen molar-refractivity contribution < 1.29 is 9.90 Å². The maximum Gasteiger partial charge on any atom is 0.271 e. The summed E-state index contributed by atoms with van der Waals surface area (Å²) >= 11 is 0. The minimum absolute atomic E-state index is 0.0949. The van der Waals surface area contributed by atoms with Gasteiger partial charge in [-0.25, -0.2) is 4.98 Å². The molecular formula is C8H8N2O2. The van der Waals surface area contributed by atoms with E-state index < -0.39 is 5.91 Å². The Hall–Kier alpha value is -2.02. The summed E-state index contributed by atoms with van der Waals surface area (Å²) < 4.78 is 0. The van der Waals surface area contributed by atoms with Crippen molar-refractivity contribution in [3.63, 3.8) is 0 Å². The molecule has 0 fully saturated rings. The number of primary amides is 1. The highest BCUT2D eigenvalue weighted by Crippen LogP contribution is 2.10. The number of hydrogen-bond donors (Lipinski definition) is 2. The van der Waals surface area contributed by atoms with Crippen molar-refractivity contribution in [2.24, 2.45) is 5.73 Å². The first-order valence-corrected chi connectivity index (χ1v) is 2.99. The molecule has 0 unspecified atom stereocenters. The average Bonchev–Trinajstić information content (AvgIpc) is 2.08. The largest absolute Gasteiger partial charge is 0.505 e. The number of pyridine rings is 1. The molecule has 1 heterocycles. The standard InChI is InChI=1S/C6H6N2O2.C2H2/c7-6(10)5-4(9)2-1-3-8-5;1-2/h1-3,9H,(H2,7,10);1-2H. The van der Waals surface area contributed by atoms with Crippen LogP contribution in [0.2, 0.25) is 0 Å². The molecule has 0 aliphatic rings. The van der Waals surface area contributed by atoms with E-state index in [1.54, 1.807) is 0 Å². The molecule has 0 atom stereocenters. The number of hydrogen-bond acceptors (Lipinski definition) is 3. The van der Waals surface area contributed by atoms with E-state index in [0.29, 0.717) is 0 Å². The monoisotopic (exact) mass is 164 g/mol. The maximum atomic E-state index is 10.4. The van der Waals surface area contributed by atoms with Gasteiger partial charge < -0.3 is 10.8 Å². The maximum absolute atomic E-state index is 10.4. The van der Waals surface area contributed by atoms with E-state index >= 15 is 0 Å². The van der Waals surface area contributed by atoms with Crippen molar-refractivity contribution in [3.8, 4) is 18.6 Å². The van der Waals surface area contributed by atoms with Gasteiger partial charge in [-0.15, -0.1) is 12.8 Å². The van der Waals surface area contributed by atoms with E-state index in [-0.39, 0.29) is 11.4 Å². The first-order chi connectivity index (χ1) is 5.72. The molecule has 1 amide bonds. The van der Waals surface area contributed by atoms with Crippen LogP contribution in [-0.4, -0.2) is 16.0 Å². The van der Waals surface area contributed by atoms with Crippen LogP contribution in [-0.2, 0) is 0 Å². The van der Waals surface area contributed by atoms with Crippen molar-refractivity contribution in [1.82, 2.24) is 4.98 Å². The van der Waals surface area contributed by atoms with E-state index in [1.165, 1.54) is 18.3 Å². The van der Waals surface area contributed by atoms with Gasteiger partial charge in [0.15, 0.2) is 5.69 Å². The predicted octanol–water partition coefficient (Wildman–Crippen LogP) is 0.135. The molecule has 12 heavy (non-hydrogen) atoms. The number of carbonyl (C=O) groups is 1. The Balaban J connectivity index is 0.000000561. The van der Waals surface area contributed by atoms with Gasteiger partial charge >= 0.3 is 0 Å². The lowest BCUT2D eigenvalue weighted by Crippen LogP contribution is -2.12. The zero-order chi connectivity index (χ0) is 9.56. The molecule has 0 aromatic carbocycles. The second-order valence-corrected chi connectivity index (χ2v) is 1.74. The third-order valence-corrected chi connectivity index (χ3v) is 1.02. The molecule has 62 valence electrons. The van der Waals surface area contributed by atoms with Crippen LogP contribution < -0.4 is 5.73 Å². The van der Waals surface area contributed by atoms with E-state index in [4.69, 9.17) is 10.8 Å². The zero-order valence-corrected chi connectivity index (χ0v) is 6.27. The van der Waals surface area contributed by atoms with Crippen LogP contribution in [0.15, 0.2) is 18.3 Å². The number of terminal acetylenes is 1. The summed E-state index contributed by atoms with van der Waals surface area (Å²) in [5, 5.41) is 8.92. The predicted molar refractivity (Wildman–Crippen MR) is 44.3 cm³/mol. The summed E-state index contributed by atoms with van der Waals surface area (Å²) in [7, 11) is 0. The molecule has 3 N–H and O–H groups in total. The molecule has 0 spiro atoms. The SMILES string of the molecule is C#C.NC(=O)c1ncccc1O. The summed E-state index contributed by atoms with van der Waals surface area (Å²) in [6, 6.07) is 2.87. The number of nitrogens with two attached hydrogens (primary N) is 1. The molecule has 0 aliphatic heterocycles. The van der Waals surface area contributed by atoms with Crippen LogP contribution in [0, 0.1) is 12.8 Å². The number of rotatable bonds is 1. The van der Waals surface area contributed by atoms with Gasteiger partial charge in [0, 0.05) is 6.20 Å². The van der Waals surface area contributed by atoms with Gasteiger partial charge in [0.1, 0.15) is 5.75 Å². The number of amides is 1. The van der Waals surface area contributed by atoms with Crippen LogP contribution in [0.1, 0.15) is 10.5 Å². The Kier molecular flexibility index (Phi) is 3.94. The smallest absolute Gasteiger partial charge is 0.271 e. The summed E-state index contributed by atoms with van der Waals surface area (Å²) in [4.78, 5) is 14.0. The van der Waals surface area contributed by atoms with Crippen molar-refractivity contribution in [2.45, 2.75) is 0 Å². The third kappa shape index (κ3) is 2.31. The van der Waals surface area contributed by atoms with Crippen LogP contribution in [0.3, 0.4) is 0 Å². The third-order valence-electron chi connectivity index (χ3n) is 1.02. The molecule has 1 aromatic heterocycles. The highest BCUT2D eigenvalue weighted by atomic mass is 16.3. The number of aromatic hydroxyl groups is 1. The second-order valence-electron chi connectivity index (χ2n) is 1.74. The first-order valence-electron chi connectivity index (χ1n) is 2.99. The number of nitrogens with zero attached hydrogens (tertiary/aromatic N) is 1. The molecule has 1 aromatic rings. The Morgan fingerprint density at radius 3 is 2.50 bits per heavy atom. The molecule has 0 radical (unpaired) electrons. The van der Waals surface area contributed by atoms with Gasteiger partial charge in [0.05, 0.1) is 0 Å². The fraction of sp³-hybridized carbons (Fsp3) is 0. The first kappa shape index (κ1) is 9.98. The van der Waals surface area contributed by atoms with Gasteiger partial charge in [-0.1, -0.05) is 0 Å². The van der Waals surface area contributed by atoms with Crippen LogP contribution in [0.5, 0.6) is 5.75 Å². The Morgan fingerprint density at radius 2 is 2.17 bits per heavy atom. The molecular weight excluding hydrogens is 156 g/mol. The lowest BCUT2D eigenvalue weighted by molar-refractivity contribution is 0.0993. The Morgan fingerprint density at radius 1 is 1.58 bits per heavy atom. The second kappa shape index (κ2) is 4.74. The fourth-order valence-corrected chi connectivity index (χ4v) is 0.587. The van der Waals surface area contributed by atoms with Gasteiger partial charge in [-0.3, -0.25) is 4.79 Å². The minimum atomic E-state index is -0.724. The van der Waals surface area contributed by atoms with Gasteiger partial charge in [0.2, 0.25) is 0 Å². The summed E-state index contributed by atoms with van der Waals surface area (Å²) in [5.41, 5.74) is 4.76. The van der Waals surface area contributed by atoms with Crippen LogP contribution in [0.4, 0.5) is 0 Å².